The van der Waals surface area contributed by atoms with Crippen molar-refractivity contribution in [2.24, 2.45) is 17.8 Å². The predicted molar refractivity (Wildman–Crippen MR) is 81.5 cm³/mol. The molecule has 1 aromatic rings. The molecular weight excluding hydrogens is 248 g/mol. The highest BCUT2D eigenvalue weighted by Gasteiger charge is 2.39. The Bertz CT molecular complexity index is 454. The van der Waals surface area contributed by atoms with Gasteiger partial charge in [0.05, 0.1) is 13.1 Å². The van der Waals surface area contributed by atoms with Crippen LogP contribution in [0.1, 0.15) is 42.8 Å². The van der Waals surface area contributed by atoms with Gasteiger partial charge in [-0.3, -0.25) is 4.90 Å². The van der Waals surface area contributed by atoms with Gasteiger partial charge in [-0.1, -0.05) is 6.42 Å². The fraction of sp³-hybridized carbons (Fsp3) is 0.765. The van der Waals surface area contributed by atoms with Crippen LogP contribution >= 0.6 is 0 Å². The molecule has 1 N–H and O–H groups in total. The summed E-state index contributed by atoms with van der Waals surface area (Å²) in [4.78, 5) is 2.45. The molecule has 2 aliphatic rings. The van der Waals surface area contributed by atoms with Crippen molar-refractivity contribution < 1.29 is 4.42 Å². The summed E-state index contributed by atoms with van der Waals surface area (Å²) in [5.74, 6) is 5.19. The van der Waals surface area contributed by atoms with Crippen LogP contribution in [-0.4, -0.2) is 25.5 Å². The Labute approximate surface area is 122 Å². The van der Waals surface area contributed by atoms with Crippen molar-refractivity contribution in [2.45, 2.75) is 45.7 Å². The summed E-state index contributed by atoms with van der Waals surface area (Å²) in [5.41, 5.74) is 1.27. The van der Waals surface area contributed by atoms with E-state index in [1.54, 1.807) is 0 Å². The molecule has 20 heavy (non-hydrogen) atoms. The average Bonchev–Trinajstić information content (AvgIpc) is 3.07. The zero-order chi connectivity index (χ0) is 14.1. The standard InChI is InChI=1S/C17H28N2O/c1-12-6-16(20-17(12)9-18-2)11-19(3)10-15-8-13-4-5-14(15)7-13/h6,13-15,18H,4-5,7-11H2,1-3H3. The molecule has 0 spiro atoms. The monoisotopic (exact) mass is 276 g/mol. The molecule has 0 saturated heterocycles. The summed E-state index contributed by atoms with van der Waals surface area (Å²) < 4.78 is 5.95. The van der Waals surface area contributed by atoms with E-state index in [1.165, 1.54) is 37.8 Å². The van der Waals surface area contributed by atoms with E-state index in [-0.39, 0.29) is 0 Å². The van der Waals surface area contributed by atoms with E-state index in [0.29, 0.717) is 0 Å². The van der Waals surface area contributed by atoms with Crippen LogP contribution < -0.4 is 5.32 Å². The first-order chi connectivity index (χ1) is 9.65. The summed E-state index contributed by atoms with van der Waals surface area (Å²) in [6.45, 7) is 5.14. The fourth-order valence-electron chi connectivity index (χ4n) is 4.34. The SMILES string of the molecule is CNCc1oc(CN(C)CC2CC3CCC2C3)cc1C. The van der Waals surface area contributed by atoms with Gasteiger partial charge in [-0.05, 0) is 69.7 Å². The van der Waals surface area contributed by atoms with E-state index < -0.39 is 0 Å². The number of hydrogen-bond acceptors (Lipinski definition) is 3. The second kappa shape index (κ2) is 5.90. The molecule has 3 nitrogen and oxygen atoms in total. The fourth-order valence-corrected chi connectivity index (χ4v) is 4.34. The molecule has 0 aliphatic heterocycles. The third-order valence-corrected chi connectivity index (χ3v) is 5.27. The van der Waals surface area contributed by atoms with Crippen molar-refractivity contribution in [3.63, 3.8) is 0 Å². The smallest absolute Gasteiger partial charge is 0.120 e. The maximum absolute atomic E-state index is 5.95. The van der Waals surface area contributed by atoms with E-state index in [0.717, 1.165) is 42.4 Å². The average molecular weight is 276 g/mol. The third kappa shape index (κ3) is 2.94. The van der Waals surface area contributed by atoms with E-state index in [9.17, 15) is 0 Å². The molecule has 3 unspecified atom stereocenters. The lowest BCUT2D eigenvalue weighted by atomic mass is 9.88. The van der Waals surface area contributed by atoms with Crippen molar-refractivity contribution >= 4 is 0 Å². The zero-order valence-electron chi connectivity index (χ0n) is 13.1. The number of nitrogens with zero attached hydrogens (tertiary/aromatic N) is 1. The lowest BCUT2D eigenvalue weighted by molar-refractivity contribution is 0.203. The van der Waals surface area contributed by atoms with Gasteiger partial charge in [0.25, 0.3) is 0 Å². The maximum Gasteiger partial charge on any atom is 0.120 e. The van der Waals surface area contributed by atoms with Crippen LogP contribution in [0.5, 0.6) is 0 Å². The molecule has 112 valence electrons. The molecule has 1 aromatic heterocycles. The van der Waals surface area contributed by atoms with Crippen LogP contribution in [-0.2, 0) is 13.1 Å². The van der Waals surface area contributed by atoms with Crippen molar-refractivity contribution in [1.29, 1.82) is 0 Å². The van der Waals surface area contributed by atoms with E-state index in [2.05, 4.69) is 30.3 Å². The van der Waals surface area contributed by atoms with Gasteiger partial charge >= 0.3 is 0 Å². The first-order valence-electron chi connectivity index (χ1n) is 8.07. The van der Waals surface area contributed by atoms with Gasteiger partial charge in [-0.25, -0.2) is 0 Å². The largest absolute Gasteiger partial charge is 0.463 e. The minimum Gasteiger partial charge on any atom is -0.463 e. The minimum absolute atomic E-state index is 0.821. The summed E-state index contributed by atoms with van der Waals surface area (Å²) in [6, 6.07) is 2.20. The topological polar surface area (TPSA) is 28.4 Å². The second-order valence-electron chi connectivity index (χ2n) is 6.98. The molecule has 0 aromatic carbocycles. The highest BCUT2D eigenvalue weighted by molar-refractivity contribution is 5.20. The number of fused-ring (bicyclic) bond motifs is 2. The van der Waals surface area contributed by atoms with Gasteiger partial charge in [0, 0.05) is 6.54 Å². The Morgan fingerprint density at radius 1 is 1.35 bits per heavy atom. The molecule has 2 aliphatic carbocycles. The summed E-state index contributed by atoms with van der Waals surface area (Å²) in [5, 5.41) is 3.16. The number of rotatable bonds is 6. The van der Waals surface area contributed by atoms with E-state index >= 15 is 0 Å². The van der Waals surface area contributed by atoms with Crippen LogP contribution in [0.3, 0.4) is 0 Å². The molecule has 3 heteroatoms. The molecule has 2 bridgehead atoms. The molecule has 0 amide bonds. The second-order valence-corrected chi connectivity index (χ2v) is 6.98. The highest BCUT2D eigenvalue weighted by Crippen LogP contribution is 2.48. The summed E-state index contributed by atoms with van der Waals surface area (Å²) >= 11 is 0. The van der Waals surface area contributed by atoms with Gasteiger partial charge < -0.3 is 9.73 Å². The number of aryl methyl sites for hydroxylation is 1. The first-order valence-corrected chi connectivity index (χ1v) is 8.07. The number of hydrogen-bond donors (Lipinski definition) is 1. The lowest BCUT2D eigenvalue weighted by Gasteiger charge is -2.26. The van der Waals surface area contributed by atoms with Gasteiger partial charge in [-0.15, -0.1) is 0 Å². The number of nitrogens with one attached hydrogen (secondary N) is 1. The van der Waals surface area contributed by atoms with Crippen molar-refractivity contribution in [1.82, 2.24) is 10.2 Å². The van der Waals surface area contributed by atoms with Gasteiger partial charge in [0.2, 0.25) is 0 Å². The highest BCUT2D eigenvalue weighted by atomic mass is 16.3. The molecule has 2 saturated carbocycles. The lowest BCUT2D eigenvalue weighted by Crippen LogP contribution is -2.28. The molecule has 3 atom stereocenters. The molecule has 1 heterocycles. The normalized spacial score (nSPS) is 28.7. The van der Waals surface area contributed by atoms with Crippen LogP contribution in [0.25, 0.3) is 0 Å². The van der Waals surface area contributed by atoms with Crippen LogP contribution in [0, 0.1) is 24.7 Å². The zero-order valence-corrected chi connectivity index (χ0v) is 13.1. The van der Waals surface area contributed by atoms with E-state index in [1.807, 2.05) is 7.05 Å². The maximum atomic E-state index is 5.95. The van der Waals surface area contributed by atoms with Crippen molar-refractivity contribution in [3.8, 4) is 0 Å². The Kier molecular flexibility index (Phi) is 4.18. The predicted octanol–water partition coefficient (Wildman–Crippen LogP) is 3.18. The Hall–Kier alpha value is -0.800. The van der Waals surface area contributed by atoms with Crippen LogP contribution in [0.15, 0.2) is 10.5 Å². The molecule has 0 radical (unpaired) electrons. The van der Waals surface area contributed by atoms with Gasteiger partial charge in [0.15, 0.2) is 0 Å². The first kappa shape index (κ1) is 14.2. The van der Waals surface area contributed by atoms with Gasteiger partial charge in [-0.2, -0.15) is 0 Å². The summed E-state index contributed by atoms with van der Waals surface area (Å²) in [7, 11) is 4.20. The molecular formula is C17H28N2O. The third-order valence-electron chi connectivity index (χ3n) is 5.27. The van der Waals surface area contributed by atoms with Crippen LogP contribution in [0.2, 0.25) is 0 Å². The quantitative estimate of drug-likeness (QED) is 0.865. The van der Waals surface area contributed by atoms with Crippen molar-refractivity contribution in [3.05, 3.63) is 23.2 Å². The Balaban J connectivity index is 1.53. The van der Waals surface area contributed by atoms with E-state index in [4.69, 9.17) is 4.42 Å². The van der Waals surface area contributed by atoms with Gasteiger partial charge in [0.1, 0.15) is 11.5 Å². The van der Waals surface area contributed by atoms with Crippen LogP contribution in [0.4, 0.5) is 0 Å². The Morgan fingerprint density at radius 3 is 2.85 bits per heavy atom. The summed E-state index contributed by atoms with van der Waals surface area (Å²) in [6.07, 6.45) is 5.95. The number of furan rings is 1. The molecule has 2 fully saturated rings. The minimum atomic E-state index is 0.821. The molecule has 3 rings (SSSR count). The van der Waals surface area contributed by atoms with Crippen molar-refractivity contribution in [2.75, 3.05) is 20.6 Å². The Morgan fingerprint density at radius 2 is 2.20 bits per heavy atom.